The molecule has 1 aromatic rings. The molecule has 0 aliphatic rings. The number of unbranched alkanes of at least 4 members (excludes halogenated alkanes) is 1. The van der Waals surface area contributed by atoms with Gasteiger partial charge in [-0.05, 0) is 18.9 Å². The van der Waals surface area contributed by atoms with E-state index in [1.54, 1.807) is 6.20 Å². The Morgan fingerprint density at radius 2 is 2.22 bits per heavy atom. The minimum Gasteiger partial charge on any atom is -0.477 e. The molecule has 18 heavy (non-hydrogen) atoms. The van der Waals surface area contributed by atoms with Crippen LogP contribution in [0.2, 0.25) is 0 Å². The van der Waals surface area contributed by atoms with Gasteiger partial charge in [0.05, 0.1) is 6.61 Å². The molecule has 0 spiro atoms. The number of hydrogen-bond donors (Lipinski definition) is 1. The van der Waals surface area contributed by atoms with Gasteiger partial charge in [-0.2, -0.15) is 0 Å². The first kappa shape index (κ1) is 14.5. The lowest BCUT2D eigenvalue weighted by molar-refractivity contribution is -0.121. The molecule has 0 bridgehead atoms. The van der Waals surface area contributed by atoms with Gasteiger partial charge in [-0.15, -0.1) is 0 Å². The van der Waals surface area contributed by atoms with Gasteiger partial charge in [-0.25, -0.2) is 4.98 Å². The summed E-state index contributed by atoms with van der Waals surface area (Å²) >= 11 is 0. The van der Waals surface area contributed by atoms with Crippen LogP contribution in [0.5, 0.6) is 5.88 Å². The number of carbonyl (C=O) groups is 1. The van der Waals surface area contributed by atoms with Crippen molar-refractivity contribution in [3.63, 3.8) is 0 Å². The average Bonchev–Trinajstić information content (AvgIpc) is 2.41. The Labute approximate surface area is 109 Å². The predicted octanol–water partition coefficient (Wildman–Crippen LogP) is 2.68. The largest absolute Gasteiger partial charge is 0.477 e. The second-order valence-electron chi connectivity index (χ2n) is 4.20. The van der Waals surface area contributed by atoms with Crippen molar-refractivity contribution in [2.45, 2.75) is 46.1 Å². The third kappa shape index (κ3) is 5.17. The fourth-order valence-electron chi connectivity index (χ4n) is 1.51. The van der Waals surface area contributed by atoms with E-state index in [0.717, 1.165) is 24.8 Å². The van der Waals surface area contributed by atoms with Crippen LogP contribution in [0.4, 0.5) is 0 Å². The van der Waals surface area contributed by atoms with E-state index in [1.807, 2.05) is 12.1 Å². The Bertz CT molecular complexity index is 367. The monoisotopic (exact) mass is 250 g/mol. The van der Waals surface area contributed by atoms with E-state index >= 15 is 0 Å². The fourth-order valence-corrected chi connectivity index (χ4v) is 1.51. The summed E-state index contributed by atoms with van der Waals surface area (Å²) in [5.41, 5.74) is 0.927. The second-order valence-corrected chi connectivity index (χ2v) is 4.20. The van der Waals surface area contributed by atoms with E-state index in [1.165, 1.54) is 0 Å². The van der Waals surface area contributed by atoms with Gasteiger partial charge in [0.2, 0.25) is 11.8 Å². The minimum atomic E-state index is 0.0853. The number of aromatic nitrogens is 1. The molecule has 0 aromatic carbocycles. The molecule has 0 radical (unpaired) electrons. The summed E-state index contributed by atoms with van der Waals surface area (Å²) in [7, 11) is 0. The van der Waals surface area contributed by atoms with E-state index in [9.17, 15) is 4.79 Å². The topological polar surface area (TPSA) is 51.2 Å². The summed E-state index contributed by atoms with van der Waals surface area (Å²) in [4.78, 5) is 15.7. The summed E-state index contributed by atoms with van der Waals surface area (Å²) in [5.74, 6) is 0.706. The van der Waals surface area contributed by atoms with Gasteiger partial charge in [-0.3, -0.25) is 4.79 Å². The molecule has 1 heterocycles. The highest BCUT2D eigenvalue weighted by atomic mass is 16.5. The molecule has 0 atom stereocenters. The standard InChI is InChI=1S/C14H22N2O2/c1-3-5-8-13(17)16-11-12-7-6-9-15-14(12)18-10-4-2/h6-7,9H,3-5,8,10-11H2,1-2H3,(H,16,17). The molecular weight excluding hydrogens is 228 g/mol. The van der Waals surface area contributed by atoms with Crippen molar-refractivity contribution < 1.29 is 9.53 Å². The first-order chi connectivity index (χ1) is 8.77. The number of amides is 1. The van der Waals surface area contributed by atoms with E-state index in [2.05, 4.69) is 24.1 Å². The molecular formula is C14H22N2O2. The van der Waals surface area contributed by atoms with Gasteiger partial charge in [0, 0.05) is 24.7 Å². The number of carbonyl (C=O) groups excluding carboxylic acids is 1. The number of hydrogen-bond acceptors (Lipinski definition) is 3. The fraction of sp³-hybridized carbons (Fsp3) is 0.571. The Hall–Kier alpha value is -1.58. The second kappa shape index (κ2) is 8.50. The zero-order chi connectivity index (χ0) is 13.2. The molecule has 4 nitrogen and oxygen atoms in total. The third-order valence-corrected chi connectivity index (χ3v) is 2.53. The molecule has 1 aromatic heterocycles. The van der Waals surface area contributed by atoms with Crippen LogP contribution >= 0.6 is 0 Å². The molecule has 1 N–H and O–H groups in total. The van der Waals surface area contributed by atoms with Crippen molar-refractivity contribution in [2.75, 3.05) is 6.61 Å². The summed E-state index contributed by atoms with van der Waals surface area (Å²) in [6, 6.07) is 3.78. The van der Waals surface area contributed by atoms with Crippen LogP contribution in [0.15, 0.2) is 18.3 Å². The van der Waals surface area contributed by atoms with Crippen molar-refractivity contribution in [2.24, 2.45) is 0 Å². The van der Waals surface area contributed by atoms with Gasteiger partial charge < -0.3 is 10.1 Å². The lowest BCUT2D eigenvalue weighted by Gasteiger charge is -2.10. The van der Waals surface area contributed by atoms with E-state index in [4.69, 9.17) is 4.74 Å². The number of ether oxygens (including phenoxy) is 1. The third-order valence-electron chi connectivity index (χ3n) is 2.53. The van der Waals surface area contributed by atoms with Crippen LogP contribution in [0.1, 0.15) is 45.1 Å². The molecule has 0 saturated carbocycles. The van der Waals surface area contributed by atoms with Crippen LogP contribution in [0.25, 0.3) is 0 Å². The summed E-state index contributed by atoms with van der Waals surface area (Å²) in [6.45, 7) is 5.25. The van der Waals surface area contributed by atoms with E-state index in [-0.39, 0.29) is 5.91 Å². The zero-order valence-electron chi connectivity index (χ0n) is 11.2. The minimum absolute atomic E-state index is 0.0853. The summed E-state index contributed by atoms with van der Waals surface area (Å²) in [6.07, 6.45) is 5.19. The maximum Gasteiger partial charge on any atom is 0.220 e. The van der Waals surface area contributed by atoms with Crippen molar-refractivity contribution in [3.8, 4) is 5.88 Å². The van der Waals surface area contributed by atoms with E-state index < -0.39 is 0 Å². The van der Waals surface area contributed by atoms with Gasteiger partial charge in [0.25, 0.3) is 0 Å². The molecule has 4 heteroatoms. The Morgan fingerprint density at radius 1 is 1.39 bits per heavy atom. The predicted molar refractivity (Wildman–Crippen MR) is 71.4 cm³/mol. The number of nitrogens with zero attached hydrogens (tertiary/aromatic N) is 1. The Morgan fingerprint density at radius 3 is 2.94 bits per heavy atom. The maximum atomic E-state index is 11.5. The van der Waals surface area contributed by atoms with Gasteiger partial charge >= 0.3 is 0 Å². The Balaban J connectivity index is 2.47. The van der Waals surface area contributed by atoms with E-state index in [0.29, 0.717) is 25.5 Å². The van der Waals surface area contributed by atoms with Crippen LogP contribution in [-0.4, -0.2) is 17.5 Å². The van der Waals surface area contributed by atoms with Gasteiger partial charge in [0.15, 0.2) is 0 Å². The number of rotatable bonds is 8. The molecule has 0 fully saturated rings. The molecule has 0 unspecified atom stereocenters. The van der Waals surface area contributed by atoms with Gasteiger partial charge in [0.1, 0.15) is 0 Å². The lowest BCUT2D eigenvalue weighted by atomic mass is 10.2. The molecule has 0 saturated heterocycles. The van der Waals surface area contributed by atoms with Crippen LogP contribution in [-0.2, 0) is 11.3 Å². The lowest BCUT2D eigenvalue weighted by Crippen LogP contribution is -2.22. The smallest absolute Gasteiger partial charge is 0.220 e. The molecule has 1 rings (SSSR count). The van der Waals surface area contributed by atoms with Gasteiger partial charge in [-0.1, -0.05) is 26.3 Å². The maximum absolute atomic E-state index is 11.5. The normalized spacial score (nSPS) is 10.1. The van der Waals surface area contributed by atoms with Crippen LogP contribution in [0, 0.1) is 0 Å². The average molecular weight is 250 g/mol. The Kier molecular flexibility index (Phi) is 6.84. The number of pyridine rings is 1. The van der Waals surface area contributed by atoms with Crippen molar-refractivity contribution in [1.29, 1.82) is 0 Å². The first-order valence-electron chi connectivity index (χ1n) is 6.61. The zero-order valence-corrected chi connectivity index (χ0v) is 11.2. The highest BCUT2D eigenvalue weighted by Gasteiger charge is 2.06. The molecule has 0 aliphatic heterocycles. The van der Waals surface area contributed by atoms with Crippen LogP contribution < -0.4 is 10.1 Å². The molecule has 0 aliphatic carbocycles. The van der Waals surface area contributed by atoms with Crippen molar-refractivity contribution >= 4 is 5.91 Å². The number of nitrogens with one attached hydrogen (secondary N) is 1. The summed E-state index contributed by atoms with van der Waals surface area (Å²) < 4.78 is 5.54. The van der Waals surface area contributed by atoms with Crippen molar-refractivity contribution in [3.05, 3.63) is 23.9 Å². The molecule has 1 amide bonds. The van der Waals surface area contributed by atoms with Crippen molar-refractivity contribution in [1.82, 2.24) is 10.3 Å². The molecule has 100 valence electrons. The SMILES string of the molecule is CCCCC(=O)NCc1cccnc1OCCC. The summed E-state index contributed by atoms with van der Waals surface area (Å²) in [5, 5.41) is 2.89. The highest BCUT2D eigenvalue weighted by molar-refractivity contribution is 5.75. The van der Waals surface area contributed by atoms with Crippen LogP contribution in [0.3, 0.4) is 0 Å². The highest BCUT2D eigenvalue weighted by Crippen LogP contribution is 2.14. The first-order valence-corrected chi connectivity index (χ1v) is 6.61. The quantitative estimate of drug-likeness (QED) is 0.771.